The van der Waals surface area contributed by atoms with Crippen molar-refractivity contribution in [3.8, 4) is 5.75 Å². The van der Waals surface area contributed by atoms with Gasteiger partial charge in [0.2, 0.25) is 0 Å². The van der Waals surface area contributed by atoms with Crippen molar-refractivity contribution in [2.45, 2.75) is 32.2 Å². The van der Waals surface area contributed by atoms with Crippen molar-refractivity contribution >= 4 is 5.97 Å². The quantitative estimate of drug-likeness (QED) is 0.909. The van der Waals surface area contributed by atoms with Gasteiger partial charge in [-0.2, -0.15) is 0 Å². The molecule has 106 valence electrons. The van der Waals surface area contributed by atoms with Crippen LogP contribution >= 0.6 is 0 Å². The van der Waals surface area contributed by atoms with E-state index < -0.39 is 12.0 Å². The molecule has 0 aliphatic heterocycles. The Morgan fingerprint density at radius 2 is 1.89 bits per heavy atom. The fourth-order valence-corrected chi connectivity index (χ4v) is 2.14. The van der Waals surface area contributed by atoms with E-state index in [9.17, 15) is 9.90 Å². The summed E-state index contributed by atoms with van der Waals surface area (Å²) in [6, 6.07) is 4.94. The maximum Gasteiger partial charge on any atom is 0.325 e. The minimum atomic E-state index is -0.852. The van der Waals surface area contributed by atoms with E-state index >= 15 is 0 Å². The summed E-state index contributed by atoms with van der Waals surface area (Å²) in [7, 11) is 5.16. The molecule has 0 heterocycles. The van der Waals surface area contributed by atoms with Crippen molar-refractivity contribution < 1.29 is 14.6 Å². The Morgan fingerprint density at radius 3 is 2.26 bits per heavy atom. The highest BCUT2D eigenvalue weighted by atomic mass is 16.5. The van der Waals surface area contributed by atoms with Crippen molar-refractivity contribution in [3.63, 3.8) is 0 Å². The Morgan fingerprint density at radius 1 is 1.32 bits per heavy atom. The standard InChI is InChI=1S/C15H23NO3/c1-15(2,3)11-9-10(7-8-12(11)19-6)13(14(17)18)16(4)5/h7-9,13H,1-6H3,(H,17,18). The average Bonchev–Trinajstić information content (AvgIpc) is 2.26. The maximum atomic E-state index is 11.4. The van der Waals surface area contributed by atoms with Crippen LogP contribution in [0.2, 0.25) is 0 Å². The summed E-state index contributed by atoms with van der Waals surface area (Å²) in [5, 5.41) is 9.34. The smallest absolute Gasteiger partial charge is 0.325 e. The number of carbonyl (C=O) groups is 1. The zero-order valence-corrected chi connectivity index (χ0v) is 12.5. The zero-order valence-electron chi connectivity index (χ0n) is 12.5. The van der Waals surface area contributed by atoms with Crippen LogP contribution in [0.3, 0.4) is 0 Å². The molecule has 0 bridgehead atoms. The van der Waals surface area contributed by atoms with E-state index in [1.807, 2.05) is 18.2 Å². The summed E-state index contributed by atoms with van der Waals surface area (Å²) in [6.45, 7) is 6.25. The number of hydrogen-bond acceptors (Lipinski definition) is 3. The van der Waals surface area contributed by atoms with Gasteiger partial charge < -0.3 is 9.84 Å². The van der Waals surface area contributed by atoms with Gasteiger partial charge in [0, 0.05) is 0 Å². The molecular formula is C15H23NO3. The Kier molecular flexibility index (Phi) is 4.58. The van der Waals surface area contributed by atoms with E-state index in [0.717, 1.165) is 16.9 Å². The molecule has 1 aromatic rings. The van der Waals surface area contributed by atoms with E-state index in [0.29, 0.717) is 0 Å². The Labute approximate surface area is 115 Å². The highest BCUT2D eigenvalue weighted by molar-refractivity contribution is 5.75. The van der Waals surface area contributed by atoms with Crippen molar-refractivity contribution in [1.29, 1.82) is 0 Å². The second-order valence-corrected chi connectivity index (χ2v) is 5.91. The Hall–Kier alpha value is -1.55. The molecule has 0 radical (unpaired) electrons. The fourth-order valence-electron chi connectivity index (χ4n) is 2.14. The first-order valence-electron chi connectivity index (χ1n) is 6.26. The lowest BCUT2D eigenvalue weighted by Crippen LogP contribution is -2.28. The molecule has 19 heavy (non-hydrogen) atoms. The first-order valence-corrected chi connectivity index (χ1v) is 6.26. The van der Waals surface area contributed by atoms with Gasteiger partial charge >= 0.3 is 5.97 Å². The van der Waals surface area contributed by atoms with E-state index in [1.165, 1.54) is 0 Å². The largest absolute Gasteiger partial charge is 0.496 e. The molecule has 4 heteroatoms. The number of hydrogen-bond donors (Lipinski definition) is 1. The van der Waals surface area contributed by atoms with Crippen molar-refractivity contribution in [1.82, 2.24) is 4.90 Å². The third-order valence-electron chi connectivity index (χ3n) is 3.10. The van der Waals surface area contributed by atoms with E-state index in [4.69, 9.17) is 4.74 Å². The number of ether oxygens (including phenoxy) is 1. The average molecular weight is 265 g/mol. The zero-order chi connectivity index (χ0) is 14.8. The molecule has 1 unspecified atom stereocenters. The molecule has 4 nitrogen and oxygen atoms in total. The maximum absolute atomic E-state index is 11.4. The fraction of sp³-hybridized carbons (Fsp3) is 0.533. The molecule has 0 aromatic heterocycles. The molecule has 0 aliphatic rings. The molecule has 0 aliphatic carbocycles. The molecule has 0 amide bonds. The van der Waals surface area contributed by atoms with Crippen LogP contribution in [0, 0.1) is 0 Å². The predicted octanol–water partition coefficient (Wildman–Crippen LogP) is 2.68. The lowest BCUT2D eigenvalue weighted by Gasteiger charge is -2.26. The van der Waals surface area contributed by atoms with Gasteiger partial charge in [0.05, 0.1) is 7.11 Å². The Balaban J connectivity index is 3.36. The van der Waals surface area contributed by atoms with Gasteiger partial charge in [-0.1, -0.05) is 26.8 Å². The molecule has 1 rings (SSSR count). The van der Waals surface area contributed by atoms with Crippen LogP contribution in [-0.2, 0) is 10.2 Å². The first kappa shape index (κ1) is 15.5. The molecule has 0 saturated carbocycles. The summed E-state index contributed by atoms with van der Waals surface area (Å²) >= 11 is 0. The lowest BCUT2D eigenvalue weighted by atomic mass is 9.84. The Bertz CT molecular complexity index is 461. The van der Waals surface area contributed by atoms with Gasteiger partial charge in [-0.3, -0.25) is 9.69 Å². The van der Waals surface area contributed by atoms with Crippen LogP contribution in [0.25, 0.3) is 0 Å². The molecule has 1 aromatic carbocycles. The van der Waals surface area contributed by atoms with Crippen molar-refractivity contribution in [2.75, 3.05) is 21.2 Å². The molecular weight excluding hydrogens is 242 g/mol. The molecule has 1 N–H and O–H groups in total. The van der Waals surface area contributed by atoms with Gasteiger partial charge in [0.25, 0.3) is 0 Å². The lowest BCUT2D eigenvalue weighted by molar-refractivity contribution is -0.142. The molecule has 1 atom stereocenters. The third-order valence-corrected chi connectivity index (χ3v) is 3.10. The van der Waals surface area contributed by atoms with Gasteiger partial charge in [-0.15, -0.1) is 0 Å². The highest BCUT2D eigenvalue weighted by Crippen LogP contribution is 2.34. The number of likely N-dealkylation sites (N-methyl/N-ethyl adjacent to an activating group) is 1. The van der Waals surface area contributed by atoms with Crippen LogP contribution in [-0.4, -0.2) is 37.2 Å². The van der Waals surface area contributed by atoms with Crippen molar-refractivity contribution in [2.24, 2.45) is 0 Å². The first-order chi connectivity index (χ1) is 8.68. The highest BCUT2D eigenvalue weighted by Gasteiger charge is 2.26. The van der Waals surface area contributed by atoms with Gasteiger partial charge in [-0.25, -0.2) is 0 Å². The van der Waals surface area contributed by atoms with E-state index in [-0.39, 0.29) is 5.41 Å². The normalized spacial score (nSPS) is 13.4. The summed E-state index contributed by atoms with van der Waals surface area (Å²) in [4.78, 5) is 13.1. The van der Waals surface area contributed by atoms with Crippen LogP contribution in [0.1, 0.15) is 37.9 Å². The van der Waals surface area contributed by atoms with Crippen LogP contribution in [0.15, 0.2) is 18.2 Å². The summed E-state index contributed by atoms with van der Waals surface area (Å²) in [5.41, 5.74) is 1.68. The van der Waals surface area contributed by atoms with Crippen LogP contribution < -0.4 is 4.74 Å². The number of carboxylic acids is 1. The number of aliphatic carboxylic acids is 1. The number of benzene rings is 1. The summed E-state index contributed by atoms with van der Waals surface area (Å²) < 4.78 is 5.37. The van der Waals surface area contributed by atoms with E-state index in [2.05, 4.69) is 20.8 Å². The SMILES string of the molecule is COc1ccc(C(C(=O)O)N(C)C)cc1C(C)(C)C. The third kappa shape index (κ3) is 3.47. The molecule has 0 spiro atoms. The number of rotatable bonds is 4. The minimum absolute atomic E-state index is 0.100. The van der Waals surface area contributed by atoms with Crippen molar-refractivity contribution in [3.05, 3.63) is 29.3 Å². The minimum Gasteiger partial charge on any atom is -0.496 e. The number of nitrogens with zero attached hydrogens (tertiary/aromatic N) is 1. The van der Waals surface area contributed by atoms with E-state index in [1.54, 1.807) is 26.1 Å². The number of methoxy groups -OCH3 is 1. The summed E-state index contributed by atoms with van der Waals surface area (Å²) in [5.74, 6) is -0.0610. The second-order valence-electron chi connectivity index (χ2n) is 5.91. The predicted molar refractivity (Wildman–Crippen MR) is 75.8 cm³/mol. The van der Waals surface area contributed by atoms with Crippen LogP contribution in [0.4, 0.5) is 0 Å². The topological polar surface area (TPSA) is 49.8 Å². The second kappa shape index (κ2) is 5.61. The molecule has 0 fully saturated rings. The monoisotopic (exact) mass is 265 g/mol. The van der Waals surface area contributed by atoms with Crippen LogP contribution in [0.5, 0.6) is 5.75 Å². The van der Waals surface area contributed by atoms with Gasteiger partial charge in [0.1, 0.15) is 11.8 Å². The molecule has 0 saturated heterocycles. The van der Waals surface area contributed by atoms with Gasteiger partial charge in [-0.05, 0) is 42.8 Å². The summed E-state index contributed by atoms with van der Waals surface area (Å²) in [6.07, 6.45) is 0. The van der Waals surface area contributed by atoms with Gasteiger partial charge in [0.15, 0.2) is 0 Å². The number of carboxylic acid groups (broad SMARTS) is 1.